The van der Waals surface area contributed by atoms with Gasteiger partial charge >= 0.3 is 6.18 Å². The third kappa shape index (κ3) is 3.49. The molecule has 0 saturated heterocycles. The van der Waals surface area contributed by atoms with Gasteiger partial charge in [-0.15, -0.1) is 0 Å². The Morgan fingerprint density at radius 1 is 1.32 bits per heavy atom. The maximum absolute atomic E-state index is 13.2. The molecule has 0 unspecified atom stereocenters. The number of alkyl halides is 3. The van der Waals surface area contributed by atoms with Crippen molar-refractivity contribution in [1.82, 2.24) is 9.97 Å². The molecule has 0 aliphatic carbocycles. The van der Waals surface area contributed by atoms with E-state index in [1.807, 2.05) is 0 Å². The fourth-order valence-corrected chi connectivity index (χ4v) is 3.75. The first-order valence-corrected chi connectivity index (χ1v) is 9.26. The first-order valence-electron chi connectivity index (χ1n) is 7.04. The van der Waals surface area contributed by atoms with Crippen LogP contribution in [0.3, 0.4) is 0 Å². The number of hydrogen-bond donors (Lipinski definition) is 1. The van der Waals surface area contributed by atoms with Gasteiger partial charge in [-0.3, -0.25) is 4.31 Å². The van der Waals surface area contributed by atoms with Gasteiger partial charge in [-0.05, 0) is 29.7 Å². The minimum absolute atomic E-state index is 0.195. The number of halogens is 4. The second-order valence-corrected chi connectivity index (χ2v) is 7.67. The van der Waals surface area contributed by atoms with Crippen LogP contribution in [0.1, 0.15) is 11.1 Å². The van der Waals surface area contributed by atoms with E-state index in [9.17, 15) is 21.6 Å². The number of nitrogens with zero attached hydrogens (tertiary/aromatic N) is 3. The number of aromatic nitrogens is 2. The fourth-order valence-electron chi connectivity index (χ4n) is 2.64. The average Bonchev–Trinajstić information content (AvgIpc) is 2.91. The van der Waals surface area contributed by atoms with Crippen LogP contribution in [-0.4, -0.2) is 31.2 Å². The molecule has 2 aromatic rings. The van der Waals surface area contributed by atoms with Crippen molar-refractivity contribution >= 4 is 38.8 Å². The van der Waals surface area contributed by atoms with Crippen molar-refractivity contribution in [2.45, 2.75) is 12.6 Å². The van der Waals surface area contributed by atoms with Gasteiger partial charge in [0.2, 0.25) is 15.3 Å². The van der Waals surface area contributed by atoms with E-state index in [1.165, 1.54) is 6.07 Å². The summed E-state index contributed by atoms with van der Waals surface area (Å²) in [6.45, 7) is 0.226. The molecule has 6 nitrogen and oxygen atoms in total. The van der Waals surface area contributed by atoms with Gasteiger partial charge in [0, 0.05) is 12.7 Å². The van der Waals surface area contributed by atoms with E-state index in [1.54, 1.807) is 12.1 Å². The zero-order valence-corrected chi connectivity index (χ0v) is 14.4. The molecule has 3 rings (SSSR count). The summed E-state index contributed by atoms with van der Waals surface area (Å²) in [6, 6.07) is 4.84. The number of benzene rings is 1. The lowest BCUT2D eigenvalue weighted by Crippen LogP contribution is -2.28. The fraction of sp³-hybridized carbons (Fsp3) is 0.286. The minimum Gasteiger partial charge on any atom is -0.338 e. The molecule has 1 aromatic heterocycles. The Morgan fingerprint density at radius 3 is 2.68 bits per heavy atom. The van der Waals surface area contributed by atoms with Crippen LogP contribution in [0.5, 0.6) is 0 Å². The van der Waals surface area contributed by atoms with E-state index >= 15 is 0 Å². The van der Waals surface area contributed by atoms with Crippen molar-refractivity contribution in [2.75, 3.05) is 22.4 Å². The van der Waals surface area contributed by atoms with Gasteiger partial charge in [-0.1, -0.05) is 12.1 Å². The number of nitrogens with one attached hydrogen (secondary N) is 1. The predicted octanol–water partition coefficient (Wildman–Crippen LogP) is 3.21. The van der Waals surface area contributed by atoms with Gasteiger partial charge < -0.3 is 5.32 Å². The smallest absolute Gasteiger partial charge is 0.338 e. The molecule has 2 heterocycles. The number of sulfonamides is 1. The lowest BCUT2D eigenvalue weighted by molar-refractivity contribution is -0.137. The molecular formula is C14H12ClF3N4O2S. The van der Waals surface area contributed by atoms with Crippen LogP contribution in [-0.2, 0) is 22.6 Å². The summed E-state index contributed by atoms with van der Waals surface area (Å²) in [5, 5.41) is 2.20. The Morgan fingerprint density at radius 2 is 2.04 bits per heavy atom. The summed E-state index contributed by atoms with van der Waals surface area (Å²) in [4.78, 5) is 6.97. The van der Waals surface area contributed by atoms with E-state index in [0.29, 0.717) is 23.9 Å². The molecule has 1 aromatic carbocycles. The van der Waals surface area contributed by atoms with Crippen molar-refractivity contribution in [1.29, 1.82) is 0 Å². The lowest BCUT2D eigenvalue weighted by Gasteiger charge is -2.21. The van der Waals surface area contributed by atoms with Crippen molar-refractivity contribution in [3.63, 3.8) is 0 Å². The molecule has 0 saturated carbocycles. The number of hydrogen-bond acceptors (Lipinski definition) is 5. The molecule has 0 bridgehead atoms. The van der Waals surface area contributed by atoms with Gasteiger partial charge in [-0.2, -0.15) is 18.2 Å². The molecule has 1 aliphatic heterocycles. The van der Waals surface area contributed by atoms with Crippen LogP contribution in [0.4, 0.5) is 30.4 Å². The molecule has 25 heavy (non-hydrogen) atoms. The molecule has 0 spiro atoms. The van der Waals surface area contributed by atoms with E-state index in [2.05, 4.69) is 15.3 Å². The quantitative estimate of drug-likeness (QED) is 0.812. The highest BCUT2D eigenvalue weighted by Crippen LogP contribution is 2.40. The summed E-state index contributed by atoms with van der Waals surface area (Å²) < 4.78 is 64.5. The lowest BCUT2D eigenvalue weighted by atomic mass is 10.1. The second kappa shape index (κ2) is 6.03. The van der Waals surface area contributed by atoms with Crippen molar-refractivity contribution in [2.24, 2.45) is 0 Å². The number of anilines is 3. The van der Waals surface area contributed by atoms with E-state index in [4.69, 9.17) is 11.6 Å². The molecule has 11 heteroatoms. The van der Waals surface area contributed by atoms with E-state index in [-0.39, 0.29) is 17.5 Å². The Hall–Kier alpha value is -2.07. The molecule has 0 amide bonds. The maximum Gasteiger partial charge on any atom is 0.421 e. The van der Waals surface area contributed by atoms with Crippen LogP contribution < -0.4 is 9.62 Å². The molecule has 0 atom stereocenters. The molecule has 1 aliphatic rings. The first kappa shape index (κ1) is 17.7. The summed E-state index contributed by atoms with van der Waals surface area (Å²) in [6.07, 6.45) is -2.60. The van der Waals surface area contributed by atoms with Crippen LogP contribution in [0.15, 0.2) is 24.4 Å². The Bertz CT molecular complexity index is 934. The van der Waals surface area contributed by atoms with Gasteiger partial charge in [0.05, 0.1) is 17.6 Å². The standard InChI is InChI=1S/C14H12ClF3N4O2S/c1-25(23,24)22-6-5-8-3-2-4-10(11(8)22)20-12-9(14(16,17)18)7-19-13(15)21-12/h2-4,7H,5-6H2,1H3,(H,19,20,21). The topological polar surface area (TPSA) is 75.2 Å². The summed E-state index contributed by atoms with van der Waals surface area (Å²) >= 11 is 5.62. The zero-order valence-electron chi connectivity index (χ0n) is 12.8. The van der Waals surface area contributed by atoms with Crippen molar-refractivity contribution in [3.05, 3.63) is 40.8 Å². The third-order valence-electron chi connectivity index (χ3n) is 3.67. The van der Waals surface area contributed by atoms with Crippen LogP contribution in [0.25, 0.3) is 0 Å². The molecule has 0 radical (unpaired) electrons. The maximum atomic E-state index is 13.2. The van der Waals surface area contributed by atoms with E-state index < -0.39 is 27.6 Å². The molecule has 1 N–H and O–H groups in total. The normalized spacial score (nSPS) is 14.5. The molecule has 0 fully saturated rings. The number of para-hydroxylation sites is 1. The zero-order chi connectivity index (χ0) is 18.4. The monoisotopic (exact) mass is 392 g/mol. The van der Waals surface area contributed by atoms with Crippen LogP contribution in [0.2, 0.25) is 5.28 Å². The number of fused-ring (bicyclic) bond motifs is 1. The summed E-state index contributed by atoms with van der Waals surface area (Å²) in [5.41, 5.74) is 0.121. The first-order chi connectivity index (χ1) is 11.6. The van der Waals surface area contributed by atoms with E-state index in [0.717, 1.165) is 10.6 Å². The van der Waals surface area contributed by atoms with Crippen LogP contribution >= 0.6 is 11.6 Å². The highest BCUT2D eigenvalue weighted by Gasteiger charge is 2.36. The molecule has 134 valence electrons. The number of rotatable bonds is 3. The predicted molar refractivity (Wildman–Crippen MR) is 87.7 cm³/mol. The van der Waals surface area contributed by atoms with Crippen LogP contribution in [0, 0.1) is 0 Å². The third-order valence-corrected chi connectivity index (χ3v) is 5.02. The van der Waals surface area contributed by atoms with Gasteiger partial charge in [0.1, 0.15) is 11.4 Å². The molecular weight excluding hydrogens is 381 g/mol. The largest absolute Gasteiger partial charge is 0.421 e. The summed E-state index contributed by atoms with van der Waals surface area (Å²) in [7, 11) is -3.57. The van der Waals surface area contributed by atoms with Crippen molar-refractivity contribution in [3.8, 4) is 0 Å². The summed E-state index contributed by atoms with van der Waals surface area (Å²) in [5.74, 6) is -0.541. The Kier molecular flexibility index (Phi) is 4.28. The Labute approximate surface area is 146 Å². The van der Waals surface area contributed by atoms with Gasteiger partial charge in [0.15, 0.2) is 0 Å². The Balaban J connectivity index is 2.10. The highest BCUT2D eigenvalue weighted by molar-refractivity contribution is 7.92. The van der Waals surface area contributed by atoms with Gasteiger partial charge in [0.25, 0.3) is 0 Å². The average molecular weight is 393 g/mol. The van der Waals surface area contributed by atoms with Gasteiger partial charge in [-0.25, -0.2) is 13.4 Å². The minimum atomic E-state index is -4.69. The van der Waals surface area contributed by atoms with Crippen molar-refractivity contribution < 1.29 is 21.6 Å². The second-order valence-electron chi connectivity index (χ2n) is 5.42. The SMILES string of the molecule is CS(=O)(=O)N1CCc2cccc(Nc3nc(Cl)ncc3C(F)(F)F)c21. The highest BCUT2D eigenvalue weighted by atomic mass is 35.5.